The summed E-state index contributed by atoms with van der Waals surface area (Å²) in [5, 5.41) is 20.7. The lowest BCUT2D eigenvalue weighted by Crippen LogP contribution is -2.09. The van der Waals surface area contributed by atoms with Crippen molar-refractivity contribution in [2.75, 3.05) is 5.32 Å². The standard InChI is InChI=1S/C13H12N4O/c18-11-5-3-4-10(8-11)14-9-17-13-7-2-1-6-12(13)15-16-17/h1-8,14,18H,9H2. The highest BCUT2D eigenvalue weighted by Crippen LogP contribution is 2.16. The van der Waals surface area contributed by atoms with E-state index < -0.39 is 0 Å². The molecule has 0 aliphatic heterocycles. The molecule has 0 unspecified atom stereocenters. The maximum absolute atomic E-state index is 9.37. The van der Waals surface area contributed by atoms with Crippen LogP contribution in [0.4, 0.5) is 5.69 Å². The molecule has 2 aromatic carbocycles. The van der Waals surface area contributed by atoms with Crippen LogP contribution in [-0.2, 0) is 6.67 Å². The number of aromatic nitrogens is 3. The summed E-state index contributed by atoms with van der Waals surface area (Å²) in [5.74, 6) is 0.239. The molecule has 3 rings (SSSR count). The van der Waals surface area contributed by atoms with Crippen LogP contribution in [0.2, 0.25) is 0 Å². The van der Waals surface area contributed by atoms with Crippen LogP contribution in [0.15, 0.2) is 48.5 Å². The molecule has 0 radical (unpaired) electrons. The first-order valence-electron chi connectivity index (χ1n) is 5.64. The van der Waals surface area contributed by atoms with E-state index in [1.165, 1.54) is 0 Å². The van der Waals surface area contributed by atoms with Crippen molar-refractivity contribution in [3.05, 3.63) is 48.5 Å². The van der Waals surface area contributed by atoms with Crippen molar-refractivity contribution in [3.8, 4) is 5.75 Å². The van der Waals surface area contributed by atoms with Crippen LogP contribution in [0.25, 0.3) is 11.0 Å². The number of phenolic OH excluding ortho intramolecular Hbond substituents is 1. The van der Waals surface area contributed by atoms with Crippen molar-refractivity contribution < 1.29 is 5.11 Å². The topological polar surface area (TPSA) is 63.0 Å². The highest BCUT2D eigenvalue weighted by Gasteiger charge is 2.02. The van der Waals surface area contributed by atoms with Gasteiger partial charge in [0.1, 0.15) is 17.9 Å². The van der Waals surface area contributed by atoms with Crippen LogP contribution in [0, 0.1) is 0 Å². The van der Waals surface area contributed by atoms with Crippen LogP contribution in [-0.4, -0.2) is 20.1 Å². The fraction of sp³-hybridized carbons (Fsp3) is 0.0769. The fourth-order valence-electron chi connectivity index (χ4n) is 1.82. The molecule has 0 saturated heterocycles. The van der Waals surface area contributed by atoms with Crippen molar-refractivity contribution in [2.45, 2.75) is 6.67 Å². The number of aromatic hydroxyl groups is 1. The van der Waals surface area contributed by atoms with E-state index in [0.29, 0.717) is 6.67 Å². The van der Waals surface area contributed by atoms with Gasteiger partial charge in [0.25, 0.3) is 0 Å². The van der Waals surface area contributed by atoms with E-state index in [2.05, 4.69) is 15.6 Å². The molecule has 0 atom stereocenters. The van der Waals surface area contributed by atoms with E-state index in [9.17, 15) is 5.11 Å². The van der Waals surface area contributed by atoms with Crippen LogP contribution >= 0.6 is 0 Å². The second-order valence-electron chi connectivity index (χ2n) is 3.96. The summed E-state index contributed by atoms with van der Waals surface area (Å²) < 4.78 is 1.78. The van der Waals surface area contributed by atoms with Crippen LogP contribution in [0.1, 0.15) is 0 Å². The normalized spacial score (nSPS) is 10.7. The summed E-state index contributed by atoms with van der Waals surface area (Å²) in [4.78, 5) is 0. The van der Waals surface area contributed by atoms with E-state index in [1.54, 1.807) is 22.9 Å². The Bertz CT molecular complexity index is 677. The van der Waals surface area contributed by atoms with E-state index in [0.717, 1.165) is 16.7 Å². The van der Waals surface area contributed by atoms with E-state index in [1.807, 2.05) is 30.3 Å². The lowest BCUT2D eigenvalue weighted by molar-refractivity contribution is 0.475. The van der Waals surface area contributed by atoms with Gasteiger partial charge in [-0.3, -0.25) is 0 Å². The van der Waals surface area contributed by atoms with Gasteiger partial charge in [0.05, 0.1) is 5.52 Å². The molecule has 0 aliphatic carbocycles. The first-order valence-corrected chi connectivity index (χ1v) is 5.64. The average Bonchev–Trinajstić information content (AvgIpc) is 2.80. The minimum atomic E-state index is 0.239. The summed E-state index contributed by atoms with van der Waals surface area (Å²) in [5.41, 5.74) is 2.69. The average molecular weight is 240 g/mol. The maximum atomic E-state index is 9.37. The lowest BCUT2D eigenvalue weighted by atomic mass is 10.3. The Morgan fingerprint density at radius 1 is 1.11 bits per heavy atom. The SMILES string of the molecule is Oc1cccc(NCn2nnc3ccccc32)c1. The maximum Gasteiger partial charge on any atom is 0.117 e. The highest BCUT2D eigenvalue weighted by molar-refractivity contribution is 5.73. The summed E-state index contributed by atoms with van der Waals surface area (Å²) in [6.07, 6.45) is 0. The Labute approximate surface area is 104 Å². The monoisotopic (exact) mass is 240 g/mol. The van der Waals surface area contributed by atoms with Crippen LogP contribution < -0.4 is 5.32 Å². The molecule has 0 spiro atoms. The zero-order valence-electron chi connectivity index (χ0n) is 9.61. The molecule has 5 nitrogen and oxygen atoms in total. The van der Waals surface area contributed by atoms with Gasteiger partial charge in [0.2, 0.25) is 0 Å². The third-order valence-electron chi connectivity index (χ3n) is 2.70. The van der Waals surface area contributed by atoms with E-state index in [-0.39, 0.29) is 5.75 Å². The Kier molecular flexibility index (Phi) is 2.57. The van der Waals surface area contributed by atoms with Crippen molar-refractivity contribution >= 4 is 16.7 Å². The Morgan fingerprint density at radius 3 is 2.89 bits per heavy atom. The number of hydrogen-bond acceptors (Lipinski definition) is 4. The zero-order valence-corrected chi connectivity index (χ0v) is 9.61. The predicted molar refractivity (Wildman–Crippen MR) is 69.3 cm³/mol. The third-order valence-corrected chi connectivity index (χ3v) is 2.70. The largest absolute Gasteiger partial charge is 0.508 e. The van der Waals surface area contributed by atoms with Gasteiger partial charge < -0.3 is 10.4 Å². The molecule has 18 heavy (non-hydrogen) atoms. The van der Waals surface area contributed by atoms with Crippen molar-refractivity contribution in [2.24, 2.45) is 0 Å². The van der Waals surface area contributed by atoms with E-state index in [4.69, 9.17) is 0 Å². The minimum absolute atomic E-state index is 0.239. The van der Waals surface area contributed by atoms with Gasteiger partial charge in [-0.25, -0.2) is 4.68 Å². The molecule has 90 valence electrons. The smallest absolute Gasteiger partial charge is 0.117 e. The molecule has 3 aromatic rings. The molecule has 0 saturated carbocycles. The number of anilines is 1. The number of para-hydroxylation sites is 1. The Balaban J connectivity index is 1.81. The summed E-state index contributed by atoms with van der Waals surface area (Å²) in [6.45, 7) is 0.504. The second kappa shape index (κ2) is 4.37. The second-order valence-corrected chi connectivity index (χ2v) is 3.96. The Hall–Kier alpha value is -2.56. The van der Waals surface area contributed by atoms with Gasteiger partial charge in [-0.1, -0.05) is 23.4 Å². The number of rotatable bonds is 3. The van der Waals surface area contributed by atoms with Gasteiger partial charge in [-0.2, -0.15) is 0 Å². The van der Waals surface area contributed by atoms with Gasteiger partial charge in [0.15, 0.2) is 0 Å². The number of benzene rings is 2. The predicted octanol–water partition coefficient (Wildman–Crippen LogP) is 2.21. The van der Waals surface area contributed by atoms with Crippen LogP contribution in [0.3, 0.4) is 0 Å². The number of fused-ring (bicyclic) bond motifs is 1. The molecule has 1 aromatic heterocycles. The summed E-state index contributed by atoms with van der Waals surface area (Å²) >= 11 is 0. The first-order chi connectivity index (χ1) is 8.83. The zero-order chi connectivity index (χ0) is 12.4. The number of nitrogens with zero attached hydrogens (tertiary/aromatic N) is 3. The fourth-order valence-corrected chi connectivity index (χ4v) is 1.82. The molecule has 0 aliphatic rings. The van der Waals surface area contributed by atoms with Gasteiger partial charge in [0, 0.05) is 11.8 Å². The van der Waals surface area contributed by atoms with Crippen molar-refractivity contribution in [1.29, 1.82) is 0 Å². The van der Waals surface area contributed by atoms with Gasteiger partial charge >= 0.3 is 0 Å². The summed E-state index contributed by atoms with van der Waals surface area (Å²) in [7, 11) is 0. The number of nitrogens with one attached hydrogen (secondary N) is 1. The van der Waals surface area contributed by atoms with Gasteiger partial charge in [-0.15, -0.1) is 5.10 Å². The molecular formula is C13H12N4O. The first kappa shape index (κ1) is 10.6. The molecule has 2 N–H and O–H groups in total. The molecule has 0 bridgehead atoms. The molecule has 5 heteroatoms. The molecule has 0 amide bonds. The van der Waals surface area contributed by atoms with Gasteiger partial charge in [-0.05, 0) is 24.3 Å². The third kappa shape index (κ3) is 1.98. The Morgan fingerprint density at radius 2 is 2.00 bits per heavy atom. The molecular weight excluding hydrogens is 228 g/mol. The number of phenols is 1. The highest BCUT2D eigenvalue weighted by atomic mass is 16.3. The lowest BCUT2D eigenvalue weighted by Gasteiger charge is -2.06. The minimum Gasteiger partial charge on any atom is -0.508 e. The van der Waals surface area contributed by atoms with Crippen LogP contribution in [0.5, 0.6) is 5.75 Å². The molecule has 0 fully saturated rings. The summed E-state index contributed by atoms with van der Waals surface area (Å²) in [6, 6.07) is 14.8. The van der Waals surface area contributed by atoms with Crippen molar-refractivity contribution in [1.82, 2.24) is 15.0 Å². The van der Waals surface area contributed by atoms with E-state index >= 15 is 0 Å². The molecule has 1 heterocycles. The quantitative estimate of drug-likeness (QED) is 0.736. The number of hydrogen-bond donors (Lipinski definition) is 2. The van der Waals surface area contributed by atoms with Crippen molar-refractivity contribution in [3.63, 3.8) is 0 Å².